The number of hydrogen-bond donors (Lipinski definition) is 0. The van der Waals surface area contributed by atoms with Crippen LogP contribution >= 0.6 is 15.9 Å². The Labute approximate surface area is 127 Å². The minimum absolute atomic E-state index is 0.119. The molecule has 1 fully saturated rings. The summed E-state index contributed by atoms with van der Waals surface area (Å²) in [5.41, 5.74) is 1.09. The predicted molar refractivity (Wildman–Crippen MR) is 79.7 cm³/mol. The van der Waals surface area contributed by atoms with E-state index >= 15 is 0 Å². The molecule has 5 heteroatoms. The van der Waals surface area contributed by atoms with Crippen molar-refractivity contribution in [3.8, 4) is 0 Å². The number of alkyl halides is 1. The van der Waals surface area contributed by atoms with E-state index in [1.54, 1.807) is 0 Å². The van der Waals surface area contributed by atoms with Crippen LogP contribution in [0.5, 0.6) is 0 Å². The number of benzene rings is 1. The van der Waals surface area contributed by atoms with Crippen LogP contribution in [0.2, 0.25) is 0 Å². The number of nitrogens with zero attached hydrogens (tertiary/aromatic N) is 1. The second-order valence-electron chi connectivity index (χ2n) is 5.27. The minimum atomic E-state index is -0.541. The lowest BCUT2D eigenvalue weighted by Gasteiger charge is -2.23. The first kappa shape index (κ1) is 15.0. The highest BCUT2D eigenvalue weighted by Gasteiger charge is 2.40. The number of carbonyl (C=O) groups is 2. The number of amides is 2. The summed E-state index contributed by atoms with van der Waals surface area (Å²) >= 11 is 3.36. The predicted octanol–water partition coefficient (Wildman–Crippen LogP) is 3.00. The number of ether oxygens (including phenoxy) is 1. The number of halogens is 1. The van der Waals surface area contributed by atoms with E-state index in [0.29, 0.717) is 6.42 Å². The molecule has 108 valence electrons. The van der Waals surface area contributed by atoms with E-state index in [4.69, 9.17) is 4.74 Å². The van der Waals surface area contributed by atoms with E-state index in [1.165, 1.54) is 4.90 Å². The number of cyclic esters (lactones) is 1. The van der Waals surface area contributed by atoms with Crippen LogP contribution in [-0.2, 0) is 16.0 Å². The van der Waals surface area contributed by atoms with Crippen molar-refractivity contribution in [2.75, 3.05) is 6.61 Å². The van der Waals surface area contributed by atoms with E-state index in [9.17, 15) is 9.59 Å². The second-order valence-corrected chi connectivity index (χ2v) is 6.26. The van der Waals surface area contributed by atoms with Crippen LogP contribution in [0.15, 0.2) is 30.3 Å². The van der Waals surface area contributed by atoms with Gasteiger partial charge in [-0.05, 0) is 17.9 Å². The van der Waals surface area contributed by atoms with Crippen molar-refractivity contribution in [2.24, 2.45) is 5.92 Å². The van der Waals surface area contributed by atoms with E-state index in [2.05, 4.69) is 15.9 Å². The molecule has 4 nitrogen and oxygen atoms in total. The zero-order valence-electron chi connectivity index (χ0n) is 11.6. The van der Waals surface area contributed by atoms with Crippen LogP contribution in [0.1, 0.15) is 19.4 Å². The van der Waals surface area contributed by atoms with E-state index < -0.39 is 6.09 Å². The lowest BCUT2D eigenvalue weighted by atomic mass is 10.0. The standard InChI is InChI=1S/C15H18BrNO3/c1-10(2)13(16)14(18)17-12(9-20-15(17)19)8-11-6-4-3-5-7-11/h3-7,10,12-13H,8-9H2,1-2H3/t12-,13-/m0/s1. The van der Waals surface area contributed by atoms with Crippen molar-refractivity contribution in [3.63, 3.8) is 0 Å². The maximum absolute atomic E-state index is 12.4. The van der Waals surface area contributed by atoms with Gasteiger partial charge < -0.3 is 4.74 Å². The average molecular weight is 340 g/mol. The fraction of sp³-hybridized carbons (Fsp3) is 0.467. The molecule has 1 aromatic carbocycles. The highest BCUT2D eigenvalue weighted by atomic mass is 79.9. The Kier molecular flexibility index (Phi) is 4.81. The Morgan fingerprint density at radius 1 is 1.40 bits per heavy atom. The Balaban J connectivity index is 2.13. The van der Waals surface area contributed by atoms with E-state index in [0.717, 1.165) is 5.56 Å². The monoisotopic (exact) mass is 339 g/mol. The van der Waals surface area contributed by atoms with Gasteiger partial charge in [0.05, 0.1) is 10.9 Å². The molecular weight excluding hydrogens is 322 g/mol. The molecule has 0 aliphatic carbocycles. The number of rotatable bonds is 4. The van der Waals surface area contributed by atoms with Gasteiger partial charge in [-0.2, -0.15) is 0 Å². The zero-order chi connectivity index (χ0) is 14.7. The van der Waals surface area contributed by atoms with Crippen molar-refractivity contribution >= 4 is 27.9 Å². The molecule has 1 aliphatic heterocycles. The molecule has 1 aromatic rings. The molecule has 20 heavy (non-hydrogen) atoms. The third-order valence-electron chi connectivity index (χ3n) is 3.33. The number of imide groups is 1. The molecule has 0 aromatic heterocycles. The molecule has 0 N–H and O–H groups in total. The van der Waals surface area contributed by atoms with Gasteiger partial charge in [-0.1, -0.05) is 60.1 Å². The fourth-order valence-corrected chi connectivity index (χ4v) is 2.41. The van der Waals surface area contributed by atoms with Crippen molar-refractivity contribution in [3.05, 3.63) is 35.9 Å². The normalized spacial score (nSPS) is 20.1. The van der Waals surface area contributed by atoms with Gasteiger partial charge in [-0.15, -0.1) is 0 Å². The third-order valence-corrected chi connectivity index (χ3v) is 4.78. The number of carbonyl (C=O) groups excluding carboxylic acids is 2. The van der Waals surface area contributed by atoms with Crippen LogP contribution in [0.4, 0.5) is 4.79 Å². The summed E-state index contributed by atoms with van der Waals surface area (Å²) in [5.74, 6) is -0.100. The Morgan fingerprint density at radius 3 is 2.65 bits per heavy atom. The Bertz CT molecular complexity index is 489. The van der Waals surface area contributed by atoms with Crippen LogP contribution in [-0.4, -0.2) is 34.4 Å². The molecule has 0 radical (unpaired) electrons. The van der Waals surface area contributed by atoms with Crippen molar-refractivity contribution in [1.29, 1.82) is 0 Å². The van der Waals surface area contributed by atoms with Gasteiger partial charge in [0.15, 0.2) is 0 Å². The summed E-state index contributed by atoms with van der Waals surface area (Å²) in [6.45, 7) is 4.13. The maximum Gasteiger partial charge on any atom is 0.417 e. The molecule has 0 saturated carbocycles. The maximum atomic E-state index is 12.4. The Morgan fingerprint density at radius 2 is 2.05 bits per heavy atom. The first-order valence-electron chi connectivity index (χ1n) is 6.68. The molecule has 2 atom stereocenters. The minimum Gasteiger partial charge on any atom is -0.447 e. The van der Waals surface area contributed by atoms with Gasteiger partial charge in [0.25, 0.3) is 0 Å². The summed E-state index contributed by atoms with van der Waals surface area (Å²) < 4.78 is 5.05. The second kappa shape index (κ2) is 6.39. The zero-order valence-corrected chi connectivity index (χ0v) is 13.2. The van der Waals surface area contributed by atoms with Crippen molar-refractivity contribution in [1.82, 2.24) is 4.90 Å². The fourth-order valence-electron chi connectivity index (χ4n) is 2.18. The quantitative estimate of drug-likeness (QED) is 0.792. The SMILES string of the molecule is CC(C)[C@H](Br)C(=O)N1C(=O)OC[C@@H]1Cc1ccccc1. The van der Waals surface area contributed by atoms with E-state index in [-0.39, 0.29) is 29.3 Å². The summed E-state index contributed by atoms with van der Waals surface area (Å²) in [7, 11) is 0. The van der Waals surface area contributed by atoms with Gasteiger partial charge >= 0.3 is 6.09 Å². The summed E-state index contributed by atoms with van der Waals surface area (Å²) in [6.07, 6.45) is 0.0805. The van der Waals surface area contributed by atoms with Crippen LogP contribution < -0.4 is 0 Å². The summed E-state index contributed by atoms with van der Waals surface area (Å²) in [4.78, 5) is 25.1. The molecule has 2 amide bonds. The van der Waals surface area contributed by atoms with Crippen molar-refractivity contribution < 1.29 is 14.3 Å². The first-order valence-corrected chi connectivity index (χ1v) is 7.60. The molecule has 1 heterocycles. The lowest BCUT2D eigenvalue weighted by Crippen LogP contribution is -2.45. The smallest absolute Gasteiger partial charge is 0.417 e. The largest absolute Gasteiger partial charge is 0.447 e. The van der Waals surface area contributed by atoms with Gasteiger partial charge in [-0.25, -0.2) is 9.69 Å². The number of hydrogen-bond acceptors (Lipinski definition) is 3. The van der Waals surface area contributed by atoms with Gasteiger partial charge in [0, 0.05) is 0 Å². The van der Waals surface area contributed by atoms with Crippen molar-refractivity contribution in [2.45, 2.75) is 31.1 Å². The van der Waals surface area contributed by atoms with Crippen LogP contribution in [0.25, 0.3) is 0 Å². The van der Waals surface area contributed by atoms with Gasteiger partial charge in [0.2, 0.25) is 5.91 Å². The van der Waals surface area contributed by atoms with Gasteiger partial charge in [0.1, 0.15) is 6.61 Å². The Hall–Kier alpha value is -1.36. The molecule has 0 spiro atoms. The topological polar surface area (TPSA) is 46.6 Å². The highest BCUT2D eigenvalue weighted by Crippen LogP contribution is 2.23. The molecule has 1 aliphatic rings. The van der Waals surface area contributed by atoms with Crippen LogP contribution in [0.3, 0.4) is 0 Å². The molecule has 1 saturated heterocycles. The summed E-state index contributed by atoms with van der Waals surface area (Å²) in [6, 6.07) is 9.58. The van der Waals surface area contributed by atoms with Gasteiger partial charge in [-0.3, -0.25) is 4.79 Å². The van der Waals surface area contributed by atoms with E-state index in [1.807, 2.05) is 44.2 Å². The third kappa shape index (κ3) is 3.20. The molecule has 2 rings (SSSR count). The summed E-state index contributed by atoms with van der Waals surface area (Å²) in [5, 5.41) is 0. The molecular formula is C15H18BrNO3. The lowest BCUT2D eigenvalue weighted by molar-refractivity contribution is -0.129. The van der Waals surface area contributed by atoms with Crippen LogP contribution in [0, 0.1) is 5.92 Å². The first-order chi connectivity index (χ1) is 9.50. The molecule has 0 bridgehead atoms. The molecule has 0 unspecified atom stereocenters. The highest BCUT2D eigenvalue weighted by molar-refractivity contribution is 9.10. The average Bonchev–Trinajstić information content (AvgIpc) is 2.79.